The molecule has 2 amide bonds. The Bertz CT molecular complexity index is 437. The molecule has 2 saturated heterocycles. The number of carbonyl (C=O) groups is 3. The number of hydrogen-bond acceptors (Lipinski definition) is 3. The van der Waals surface area contributed by atoms with E-state index in [1.165, 1.54) is 4.90 Å². The van der Waals surface area contributed by atoms with E-state index in [4.69, 9.17) is 5.11 Å². The van der Waals surface area contributed by atoms with Crippen molar-refractivity contribution in [3.05, 3.63) is 0 Å². The molecule has 2 fully saturated rings. The molecule has 0 radical (unpaired) electrons. The molecule has 2 heterocycles. The smallest absolute Gasteiger partial charge is 0.326 e. The summed E-state index contributed by atoms with van der Waals surface area (Å²) in [4.78, 5) is 39.0. The highest BCUT2D eigenvalue weighted by molar-refractivity contribution is 5.91. The Kier molecular flexibility index (Phi) is 4.85. The molecule has 6 heteroatoms. The van der Waals surface area contributed by atoms with Crippen molar-refractivity contribution >= 4 is 17.8 Å². The first-order chi connectivity index (χ1) is 9.95. The molecule has 1 N–H and O–H groups in total. The zero-order valence-electron chi connectivity index (χ0n) is 12.7. The summed E-state index contributed by atoms with van der Waals surface area (Å²) in [6, 6.07) is -0.566. The lowest BCUT2D eigenvalue weighted by Crippen LogP contribution is -2.44. The van der Waals surface area contributed by atoms with E-state index < -0.39 is 12.0 Å². The summed E-state index contributed by atoms with van der Waals surface area (Å²) < 4.78 is 0. The maximum absolute atomic E-state index is 12.5. The van der Waals surface area contributed by atoms with E-state index in [0.29, 0.717) is 19.5 Å². The second-order valence-corrected chi connectivity index (χ2v) is 6.11. The van der Waals surface area contributed by atoms with Crippen LogP contribution in [0.2, 0.25) is 0 Å². The van der Waals surface area contributed by atoms with Crippen LogP contribution in [0.4, 0.5) is 0 Å². The molecular formula is C15H24N2O4. The summed E-state index contributed by atoms with van der Waals surface area (Å²) in [7, 11) is 0. The summed E-state index contributed by atoms with van der Waals surface area (Å²) in [5.41, 5.74) is 0. The highest BCUT2D eigenvalue weighted by atomic mass is 16.4. The van der Waals surface area contributed by atoms with Gasteiger partial charge >= 0.3 is 5.97 Å². The van der Waals surface area contributed by atoms with Gasteiger partial charge in [-0.2, -0.15) is 0 Å². The van der Waals surface area contributed by atoms with Crippen molar-refractivity contribution in [2.75, 3.05) is 13.1 Å². The minimum absolute atomic E-state index is 0.0142. The molecule has 118 valence electrons. The van der Waals surface area contributed by atoms with Crippen molar-refractivity contribution < 1.29 is 19.5 Å². The zero-order chi connectivity index (χ0) is 15.6. The summed E-state index contributed by atoms with van der Waals surface area (Å²) in [6.07, 6.45) is 3.37. The van der Waals surface area contributed by atoms with Crippen LogP contribution in [0.3, 0.4) is 0 Å². The van der Waals surface area contributed by atoms with Crippen molar-refractivity contribution in [3.8, 4) is 0 Å². The number of carboxylic acid groups (broad SMARTS) is 1. The summed E-state index contributed by atoms with van der Waals surface area (Å²) in [5.74, 6) is -1.47. The van der Waals surface area contributed by atoms with Gasteiger partial charge in [-0.25, -0.2) is 4.79 Å². The third-order valence-corrected chi connectivity index (χ3v) is 4.57. The Labute approximate surface area is 125 Å². The molecule has 0 spiro atoms. The first-order valence-electron chi connectivity index (χ1n) is 7.78. The molecule has 0 aromatic rings. The van der Waals surface area contributed by atoms with E-state index in [2.05, 4.69) is 6.92 Å². The fraction of sp³-hybridized carbons (Fsp3) is 0.800. The Hall–Kier alpha value is -1.59. The molecule has 0 aromatic carbocycles. The number of hydrogen-bond donors (Lipinski definition) is 1. The van der Waals surface area contributed by atoms with Gasteiger partial charge in [-0.05, 0) is 26.2 Å². The Morgan fingerprint density at radius 2 is 2.14 bits per heavy atom. The molecule has 2 unspecified atom stereocenters. The Morgan fingerprint density at radius 3 is 2.76 bits per heavy atom. The Balaban J connectivity index is 2.01. The van der Waals surface area contributed by atoms with Gasteiger partial charge in [-0.1, -0.05) is 13.3 Å². The number of aliphatic carboxylic acids is 1. The molecule has 21 heavy (non-hydrogen) atoms. The normalized spacial score (nSPS) is 27.2. The zero-order valence-corrected chi connectivity index (χ0v) is 12.7. The number of carboxylic acids is 1. The van der Waals surface area contributed by atoms with Crippen molar-refractivity contribution in [2.24, 2.45) is 5.92 Å². The molecule has 0 bridgehead atoms. The monoisotopic (exact) mass is 296 g/mol. The molecule has 0 saturated carbocycles. The Morgan fingerprint density at radius 1 is 1.43 bits per heavy atom. The summed E-state index contributed by atoms with van der Waals surface area (Å²) in [6.45, 7) is 5.00. The molecule has 2 aliphatic heterocycles. The highest BCUT2D eigenvalue weighted by Crippen LogP contribution is 2.27. The third kappa shape index (κ3) is 3.19. The molecule has 0 aliphatic carbocycles. The van der Waals surface area contributed by atoms with E-state index in [9.17, 15) is 14.4 Å². The maximum atomic E-state index is 12.5. The first kappa shape index (κ1) is 15.8. The average Bonchev–Trinajstić information content (AvgIpc) is 3.04. The van der Waals surface area contributed by atoms with Gasteiger partial charge in [-0.3, -0.25) is 9.59 Å². The predicted octanol–water partition coefficient (Wildman–Crippen LogP) is 1.10. The van der Waals surface area contributed by atoms with E-state index in [1.54, 1.807) is 4.90 Å². The number of likely N-dealkylation sites (tertiary alicyclic amines) is 2. The average molecular weight is 296 g/mol. The lowest BCUT2D eigenvalue weighted by Gasteiger charge is -2.26. The van der Waals surface area contributed by atoms with Gasteiger partial charge in [0.25, 0.3) is 0 Å². The summed E-state index contributed by atoms with van der Waals surface area (Å²) >= 11 is 0. The van der Waals surface area contributed by atoms with Gasteiger partial charge in [0, 0.05) is 25.6 Å². The van der Waals surface area contributed by atoms with Crippen LogP contribution < -0.4 is 0 Å². The summed E-state index contributed by atoms with van der Waals surface area (Å²) in [5, 5.41) is 9.17. The molecule has 6 nitrogen and oxygen atoms in total. The standard InChI is InChI=1S/C15H24N2O4/c1-3-5-10(2)17-9-11(8-13(17)18)14(19)16-7-4-6-12(16)15(20)21/h10-12H,3-9H2,1-2H3,(H,20,21)/t10?,11?,12-/m1/s1. The minimum atomic E-state index is -0.943. The number of rotatable bonds is 5. The second kappa shape index (κ2) is 6.45. The van der Waals surface area contributed by atoms with Gasteiger partial charge in [0.15, 0.2) is 0 Å². The van der Waals surface area contributed by atoms with Crippen LogP contribution in [-0.2, 0) is 14.4 Å². The van der Waals surface area contributed by atoms with E-state index in [1.807, 2.05) is 6.92 Å². The topological polar surface area (TPSA) is 77.9 Å². The third-order valence-electron chi connectivity index (χ3n) is 4.57. The van der Waals surface area contributed by atoms with Gasteiger partial charge in [0.2, 0.25) is 11.8 Å². The van der Waals surface area contributed by atoms with Gasteiger partial charge in [0.1, 0.15) is 6.04 Å². The number of amides is 2. The lowest BCUT2D eigenvalue weighted by molar-refractivity contribution is -0.149. The second-order valence-electron chi connectivity index (χ2n) is 6.11. The van der Waals surface area contributed by atoms with Crippen LogP contribution >= 0.6 is 0 Å². The van der Waals surface area contributed by atoms with Gasteiger partial charge in [0.05, 0.1) is 5.92 Å². The van der Waals surface area contributed by atoms with E-state index in [-0.39, 0.29) is 30.2 Å². The molecular weight excluding hydrogens is 272 g/mol. The highest BCUT2D eigenvalue weighted by Gasteiger charge is 2.42. The van der Waals surface area contributed by atoms with Crippen LogP contribution in [0.25, 0.3) is 0 Å². The lowest BCUT2D eigenvalue weighted by atomic mass is 10.1. The largest absolute Gasteiger partial charge is 0.480 e. The van der Waals surface area contributed by atoms with Crippen molar-refractivity contribution in [1.82, 2.24) is 9.80 Å². The quantitative estimate of drug-likeness (QED) is 0.824. The fourth-order valence-corrected chi connectivity index (χ4v) is 3.42. The first-order valence-corrected chi connectivity index (χ1v) is 7.78. The van der Waals surface area contributed by atoms with Crippen molar-refractivity contribution in [3.63, 3.8) is 0 Å². The predicted molar refractivity (Wildman–Crippen MR) is 76.6 cm³/mol. The molecule has 0 aromatic heterocycles. The molecule has 2 aliphatic rings. The molecule has 2 rings (SSSR count). The maximum Gasteiger partial charge on any atom is 0.326 e. The minimum Gasteiger partial charge on any atom is -0.480 e. The number of nitrogens with zero attached hydrogens (tertiary/aromatic N) is 2. The van der Waals surface area contributed by atoms with Crippen LogP contribution in [0.5, 0.6) is 0 Å². The fourth-order valence-electron chi connectivity index (χ4n) is 3.42. The van der Waals surface area contributed by atoms with E-state index in [0.717, 1.165) is 19.3 Å². The van der Waals surface area contributed by atoms with Crippen molar-refractivity contribution in [1.29, 1.82) is 0 Å². The van der Waals surface area contributed by atoms with Gasteiger partial charge < -0.3 is 14.9 Å². The number of carbonyl (C=O) groups excluding carboxylic acids is 2. The van der Waals surface area contributed by atoms with Gasteiger partial charge in [-0.15, -0.1) is 0 Å². The van der Waals surface area contributed by atoms with Crippen molar-refractivity contribution in [2.45, 2.75) is 58.0 Å². The van der Waals surface area contributed by atoms with Crippen LogP contribution in [0.15, 0.2) is 0 Å². The molecule has 3 atom stereocenters. The van der Waals surface area contributed by atoms with E-state index >= 15 is 0 Å². The SMILES string of the molecule is CCCC(C)N1CC(C(=O)N2CCC[C@@H]2C(=O)O)CC1=O. The van der Waals surface area contributed by atoms with Crippen LogP contribution in [-0.4, -0.2) is 57.9 Å². The van der Waals surface area contributed by atoms with Crippen LogP contribution in [0, 0.1) is 5.92 Å². The van der Waals surface area contributed by atoms with Crippen LogP contribution in [0.1, 0.15) is 46.0 Å².